The monoisotopic (exact) mass is 371 g/mol. The number of para-hydroxylation sites is 1. The molecule has 1 fully saturated rings. The van der Waals surface area contributed by atoms with Crippen molar-refractivity contribution in [3.63, 3.8) is 0 Å². The second-order valence-electron chi connectivity index (χ2n) is 5.20. The number of nitrogens with one attached hydrogen (secondary N) is 2. The van der Waals surface area contributed by atoms with Gasteiger partial charge in [0, 0.05) is 0 Å². The zero-order valence-electron chi connectivity index (χ0n) is 12.6. The van der Waals surface area contributed by atoms with Gasteiger partial charge in [-0.1, -0.05) is 29.8 Å². The van der Waals surface area contributed by atoms with Crippen molar-refractivity contribution in [2.75, 3.05) is 0 Å². The molecule has 0 radical (unpaired) electrons. The van der Waals surface area contributed by atoms with E-state index in [1.807, 2.05) is 12.1 Å². The highest BCUT2D eigenvalue weighted by atomic mass is 35.5. The van der Waals surface area contributed by atoms with Crippen molar-refractivity contribution >= 4 is 57.3 Å². The largest absolute Gasteiger partial charge is 0.417 e. The van der Waals surface area contributed by atoms with Crippen LogP contribution in [0.25, 0.3) is 17.2 Å². The number of aromatic amines is 1. The number of halogens is 1. The molecule has 1 aromatic heterocycles. The Bertz CT molecular complexity index is 1110. The van der Waals surface area contributed by atoms with E-state index in [1.165, 1.54) is 11.8 Å². The number of hydrogen-bond donors (Lipinski definition) is 2. The average Bonchev–Trinajstić information content (AvgIpc) is 3.11. The van der Waals surface area contributed by atoms with Crippen LogP contribution in [0, 0.1) is 0 Å². The molecule has 4 rings (SSSR count). The van der Waals surface area contributed by atoms with Gasteiger partial charge in [-0.2, -0.15) is 0 Å². The Morgan fingerprint density at radius 1 is 1.16 bits per heavy atom. The van der Waals surface area contributed by atoms with Gasteiger partial charge >= 0.3 is 5.76 Å². The first kappa shape index (κ1) is 15.7. The number of carbonyl (C=O) groups is 1. The van der Waals surface area contributed by atoms with Gasteiger partial charge in [0.1, 0.15) is 0 Å². The number of aromatic nitrogens is 1. The quantitative estimate of drug-likeness (QED) is 0.673. The van der Waals surface area contributed by atoms with E-state index in [2.05, 4.69) is 15.3 Å². The highest BCUT2D eigenvalue weighted by molar-refractivity contribution is 8.18. The number of oxazole rings is 1. The topological polar surface area (TPSA) is 87.5 Å². The van der Waals surface area contributed by atoms with Crippen LogP contribution < -0.4 is 11.1 Å². The summed E-state index contributed by atoms with van der Waals surface area (Å²) < 4.78 is 4.96. The van der Waals surface area contributed by atoms with E-state index in [-0.39, 0.29) is 5.91 Å². The van der Waals surface area contributed by atoms with Crippen molar-refractivity contribution in [1.82, 2.24) is 10.3 Å². The summed E-state index contributed by atoms with van der Waals surface area (Å²) in [6.07, 6.45) is 1.72. The van der Waals surface area contributed by atoms with Gasteiger partial charge < -0.3 is 9.73 Å². The van der Waals surface area contributed by atoms with Gasteiger partial charge in [-0.05, 0) is 47.7 Å². The lowest BCUT2D eigenvalue weighted by Gasteiger charge is -1.98. The van der Waals surface area contributed by atoms with E-state index in [9.17, 15) is 9.59 Å². The third-order valence-corrected chi connectivity index (χ3v) is 4.70. The summed E-state index contributed by atoms with van der Waals surface area (Å²) in [4.78, 5) is 30.8. The van der Waals surface area contributed by atoms with E-state index in [1.54, 1.807) is 36.4 Å². The molecule has 8 heteroatoms. The van der Waals surface area contributed by atoms with Crippen molar-refractivity contribution in [3.05, 3.63) is 68.5 Å². The van der Waals surface area contributed by atoms with E-state index < -0.39 is 5.76 Å². The summed E-state index contributed by atoms with van der Waals surface area (Å²) in [7, 11) is 0. The molecule has 3 aromatic rings. The zero-order valence-corrected chi connectivity index (χ0v) is 14.1. The molecule has 2 N–H and O–H groups in total. The third-order valence-electron chi connectivity index (χ3n) is 3.47. The molecule has 1 aliphatic rings. The molecule has 124 valence electrons. The van der Waals surface area contributed by atoms with Crippen LogP contribution in [0.1, 0.15) is 5.56 Å². The maximum Gasteiger partial charge on any atom is 0.417 e. The molecule has 0 saturated carbocycles. The van der Waals surface area contributed by atoms with Gasteiger partial charge in [-0.3, -0.25) is 9.78 Å². The summed E-state index contributed by atoms with van der Waals surface area (Å²) in [6.45, 7) is 0. The minimum absolute atomic E-state index is 0.239. The lowest BCUT2D eigenvalue weighted by atomic mass is 10.2. The summed E-state index contributed by atoms with van der Waals surface area (Å²) in [6, 6.07) is 12.3. The average molecular weight is 372 g/mol. The van der Waals surface area contributed by atoms with Crippen LogP contribution in [0.5, 0.6) is 0 Å². The van der Waals surface area contributed by atoms with Gasteiger partial charge in [-0.25, -0.2) is 9.79 Å². The molecule has 1 saturated heterocycles. The highest BCUT2D eigenvalue weighted by Gasteiger charge is 2.24. The maximum absolute atomic E-state index is 12.1. The van der Waals surface area contributed by atoms with Crippen LogP contribution >= 0.6 is 23.4 Å². The normalized spacial score (nSPS) is 17.6. The van der Waals surface area contributed by atoms with Gasteiger partial charge in [0.2, 0.25) is 0 Å². The number of nitrogens with zero attached hydrogens (tertiary/aromatic N) is 1. The number of amidine groups is 1. The number of amides is 1. The summed E-state index contributed by atoms with van der Waals surface area (Å²) in [5.41, 5.74) is 2.40. The fourth-order valence-electron chi connectivity index (χ4n) is 2.34. The number of fused-ring (bicyclic) bond motifs is 1. The van der Waals surface area contributed by atoms with Crippen molar-refractivity contribution in [1.29, 1.82) is 0 Å². The molecule has 0 spiro atoms. The Balaban J connectivity index is 1.64. The van der Waals surface area contributed by atoms with Crippen molar-refractivity contribution in [2.24, 2.45) is 4.99 Å². The van der Waals surface area contributed by atoms with Crippen molar-refractivity contribution in [2.45, 2.75) is 0 Å². The van der Waals surface area contributed by atoms with E-state index in [0.717, 1.165) is 5.56 Å². The number of hydrogen-bond acceptors (Lipinski definition) is 5. The van der Waals surface area contributed by atoms with Gasteiger partial charge in [0.25, 0.3) is 5.91 Å². The molecule has 0 atom stereocenters. The number of benzene rings is 2. The predicted octanol–water partition coefficient (Wildman–Crippen LogP) is 3.67. The first-order chi connectivity index (χ1) is 12.1. The van der Waals surface area contributed by atoms with Crippen molar-refractivity contribution < 1.29 is 9.21 Å². The van der Waals surface area contributed by atoms with Crippen LogP contribution in [-0.4, -0.2) is 16.1 Å². The predicted molar refractivity (Wildman–Crippen MR) is 99.1 cm³/mol. The lowest BCUT2D eigenvalue weighted by Crippen LogP contribution is -2.19. The fourth-order valence-corrected chi connectivity index (χ4v) is 3.36. The van der Waals surface area contributed by atoms with Gasteiger partial charge in [-0.15, -0.1) is 0 Å². The van der Waals surface area contributed by atoms with Gasteiger partial charge in [0.15, 0.2) is 10.8 Å². The number of thioether (sulfide) groups is 1. The Morgan fingerprint density at radius 2 is 2.00 bits per heavy atom. The summed E-state index contributed by atoms with van der Waals surface area (Å²) >= 11 is 7.31. The molecule has 2 heterocycles. The van der Waals surface area contributed by atoms with E-state index >= 15 is 0 Å². The molecular weight excluding hydrogens is 362 g/mol. The molecule has 0 unspecified atom stereocenters. The Kier molecular flexibility index (Phi) is 3.95. The molecule has 6 nitrogen and oxygen atoms in total. The minimum atomic E-state index is -0.512. The standard InChI is InChI=1S/C17H10ClN3O3S/c18-10-3-1-2-4-11(10)19-16-21-15(22)14(25-16)8-9-5-6-13-12(7-9)20-17(23)24-13/h1-8H,(H,20,23)(H,19,21,22)/b14-8-. The van der Waals surface area contributed by atoms with Gasteiger partial charge in [0.05, 0.1) is 21.1 Å². The zero-order chi connectivity index (χ0) is 17.4. The Hall–Kier alpha value is -2.77. The van der Waals surface area contributed by atoms with E-state index in [4.69, 9.17) is 16.0 Å². The second-order valence-corrected chi connectivity index (χ2v) is 6.64. The summed E-state index contributed by atoms with van der Waals surface area (Å²) in [5, 5.41) is 3.68. The molecular formula is C17H10ClN3O3S. The minimum Gasteiger partial charge on any atom is -0.408 e. The smallest absolute Gasteiger partial charge is 0.408 e. The third kappa shape index (κ3) is 3.24. The number of rotatable bonds is 2. The van der Waals surface area contributed by atoms with Crippen LogP contribution in [0.3, 0.4) is 0 Å². The molecule has 1 aliphatic heterocycles. The number of H-pyrrole nitrogens is 1. The van der Waals surface area contributed by atoms with E-state index in [0.29, 0.717) is 31.9 Å². The number of aliphatic imine (C=N–C) groups is 1. The highest BCUT2D eigenvalue weighted by Crippen LogP contribution is 2.31. The maximum atomic E-state index is 12.1. The summed E-state index contributed by atoms with van der Waals surface area (Å²) in [5.74, 6) is -0.751. The first-order valence-electron chi connectivity index (χ1n) is 7.25. The molecule has 2 aromatic carbocycles. The number of carbonyl (C=O) groups excluding carboxylic acids is 1. The van der Waals surface area contributed by atoms with Crippen LogP contribution in [0.4, 0.5) is 5.69 Å². The van der Waals surface area contributed by atoms with Crippen LogP contribution in [0.2, 0.25) is 5.02 Å². The lowest BCUT2D eigenvalue weighted by molar-refractivity contribution is -0.115. The van der Waals surface area contributed by atoms with Crippen molar-refractivity contribution in [3.8, 4) is 0 Å². The Morgan fingerprint density at radius 3 is 2.84 bits per heavy atom. The Labute approximate surface area is 150 Å². The SMILES string of the molecule is O=C1N/C(=N/c2ccccc2Cl)S/C1=C\c1ccc2oc(=O)[nH]c2c1. The molecule has 1 amide bonds. The fraction of sp³-hybridized carbons (Fsp3) is 0. The molecule has 0 bridgehead atoms. The molecule has 0 aliphatic carbocycles. The van der Waals surface area contributed by atoms with Crippen LogP contribution in [-0.2, 0) is 4.79 Å². The molecule has 25 heavy (non-hydrogen) atoms. The van der Waals surface area contributed by atoms with Crippen LogP contribution in [0.15, 0.2) is 61.6 Å². The first-order valence-corrected chi connectivity index (χ1v) is 8.45. The second kappa shape index (κ2) is 6.27.